The van der Waals surface area contributed by atoms with Gasteiger partial charge < -0.3 is 10.0 Å². The third kappa shape index (κ3) is 2.77. The fraction of sp³-hybridized carbons (Fsp3) is 0.769. The molecule has 1 rings (SSSR count). The van der Waals surface area contributed by atoms with Crippen LogP contribution >= 0.6 is 0 Å². The summed E-state index contributed by atoms with van der Waals surface area (Å²) in [4.78, 5) is 13.5. The molecule has 0 spiro atoms. The summed E-state index contributed by atoms with van der Waals surface area (Å²) in [6, 6.07) is -0.168. The molecule has 0 aromatic rings. The summed E-state index contributed by atoms with van der Waals surface area (Å²) in [7, 11) is 0. The predicted octanol–water partition coefficient (Wildman–Crippen LogP) is 2.73. The van der Waals surface area contributed by atoms with Crippen molar-refractivity contribution in [2.45, 2.75) is 47.1 Å². The Bertz CT molecular complexity index is 300. The van der Waals surface area contributed by atoms with E-state index in [2.05, 4.69) is 13.8 Å². The molecule has 1 aliphatic rings. The lowest BCUT2D eigenvalue weighted by Crippen LogP contribution is -2.44. The standard InChI is InChI=1S/C13H23NO2/c1-9(2)6-7-14-11(16)8-10(15)12(14)13(3,4)5/h8-9,12,15H,6-7H2,1-5H3/t12-/m1/s1. The maximum Gasteiger partial charge on any atom is 0.250 e. The summed E-state index contributed by atoms with van der Waals surface area (Å²) in [6.45, 7) is 11.1. The van der Waals surface area contributed by atoms with Crippen LogP contribution in [0.2, 0.25) is 0 Å². The van der Waals surface area contributed by atoms with E-state index in [1.54, 1.807) is 4.90 Å². The van der Waals surface area contributed by atoms with E-state index >= 15 is 0 Å². The lowest BCUT2D eigenvalue weighted by molar-refractivity contribution is -0.128. The normalized spacial score (nSPS) is 21.9. The Morgan fingerprint density at radius 1 is 1.44 bits per heavy atom. The Kier molecular flexibility index (Phi) is 3.66. The summed E-state index contributed by atoms with van der Waals surface area (Å²) in [5.74, 6) is 0.718. The quantitative estimate of drug-likeness (QED) is 0.802. The van der Waals surface area contributed by atoms with Gasteiger partial charge in [-0.2, -0.15) is 0 Å². The topological polar surface area (TPSA) is 40.5 Å². The summed E-state index contributed by atoms with van der Waals surface area (Å²) in [5, 5.41) is 9.83. The first-order chi connectivity index (χ1) is 7.23. The van der Waals surface area contributed by atoms with Gasteiger partial charge in [-0.1, -0.05) is 34.6 Å². The van der Waals surface area contributed by atoms with Gasteiger partial charge in [0.25, 0.3) is 5.91 Å². The zero-order chi connectivity index (χ0) is 12.5. The fourth-order valence-corrected chi connectivity index (χ4v) is 2.12. The number of carbonyl (C=O) groups excluding carboxylic acids is 1. The monoisotopic (exact) mass is 225 g/mol. The van der Waals surface area contributed by atoms with Crippen molar-refractivity contribution < 1.29 is 9.90 Å². The molecule has 1 atom stereocenters. The Morgan fingerprint density at radius 2 is 2.00 bits per heavy atom. The Morgan fingerprint density at radius 3 is 2.44 bits per heavy atom. The van der Waals surface area contributed by atoms with Gasteiger partial charge in [-0.25, -0.2) is 0 Å². The highest BCUT2D eigenvalue weighted by Crippen LogP contribution is 2.33. The van der Waals surface area contributed by atoms with Gasteiger partial charge in [0.05, 0.1) is 6.04 Å². The Balaban J connectivity index is 2.78. The molecule has 0 aliphatic carbocycles. The lowest BCUT2D eigenvalue weighted by Gasteiger charge is -2.35. The molecule has 92 valence electrons. The van der Waals surface area contributed by atoms with Gasteiger partial charge in [-0.15, -0.1) is 0 Å². The van der Waals surface area contributed by atoms with Gasteiger partial charge in [-0.3, -0.25) is 4.79 Å². The molecule has 1 N–H and O–H groups in total. The molecule has 1 amide bonds. The van der Waals surface area contributed by atoms with Crippen LogP contribution in [0.5, 0.6) is 0 Å². The smallest absolute Gasteiger partial charge is 0.250 e. The van der Waals surface area contributed by atoms with Gasteiger partial charge in [-0.05, 0) is 17.8 Å². The van der Waals surface area contributed by atoms with Crippen LogP contribution in [-0.4, -0.2) is 28.5 Å². The largest absolute Gasteiger partial charge is 0.510 e. The number of hydrogen-bond acceptors (Lipinski definition) is 2. The average Bonchev–Trinajstić information content (AvgIpc) is 2.36. The minimum absolute atomic E-state index is 0.0573. The molecule has 16 heavy (non-hydrogen) atoms. The van der Waals surface area contributed by atoms with E-state index < -0.39 is 0 Å². The van der Waals surface area contributed by atoms with E-state index in [1.807, 2.05) is 20.8 Å². The second kappa shape index (κ2) is 4.48. The molecule has 3 heteroatoms. The van der Waals surface area contributed by atoms with Crippen LogP contribution in [-0.2, 0) is 4.79 Å². The molecule has 0 radical (unpaired) electrons. The maximum atomic E-state index is 11.7. The molecule has 0 aromatic carbocycles. The number of amides is 1. The van der Waals surface area contributed by atoms with Gasteiger partial charge in [0.2, 0.25) is 0 Å². The van der Waals surface area contributed by atoms with E-state index in [9.17, 15) is 9.90 Å². The Hall–Kier alpha value is -0.990. The molecule has 1 aliphatic heterocycles. The van der Waals surface area contributed by atoms with Crippen molar-refractivity contribution in [2.75, 3.05) is 6.54 Å². The van der Waals surface area contributed by atoms with Gasteiger partial charge in [0.15, 0.2) is 0 Å². The third-order valence-corrected chi connectivity index (χ3v) is 2.91. The molecular formula is C13H23NO2. The first-order valence-electron chi connectivity index (χ1n) is 5.94. The van der Waals surface area contributed by atoms with Crippen LogP contribution < -0.4 is 0 Å². The number of nitrogens with zero attached hydrogens (tertiary/aromatic N) is 1. The fourth-order valence-electron chi connectivity index (χ4n) is 2.12. The zero-order valence-corrected chi connectivity index (χ0v) is 10.9. The molecule has 0 aromatic heterocycles. The minimum Gasteiger partial charge on any atom is -0.510 e. The highest BCUT2D eigenvalue weighted by molar-refractivity contribution is 5.91. The molecular weight excluding hydrogens is 202 g/mol. The number of rotatable bonds is 3. The molecule has 0 saturated heterocycles. The van der Waals surface area contributed by atoms with E-state index in [0.29, 0.717) is 5.92 Å². The van der Waals surface area contributed by atoms with Crippen LogP contribution in [0.4, 0.5) is 0 Å². The second-order valence-electron chi connectivity index (χ2n) is 6.05. The molecule has 3 nitrogen and oxygen atoms in total. The summed E-state index contributed by atoms with van der Waals surface area (Å²) >= 11 is 0. The molecule has 0 bridgehead atoms. The van der Waals surface area contributed by atoms with Gasteiger partial charge in [0.1, 0.15) is 5.76 Å². The third-order valence-electron chi connectivity index (χ3n) is 2.91. The number of aliphatic hydroxyl groups is 1. The summed E-state index contributed by atoms with van der Waals surface area (Å²) in [6.07, 6.45) is 2.33. The van der Waals surface area contributed by atoms with Gasteiger partial charge in [0, 0.05) is 12.6 Å². The first kappa shape index (κ1) is 13.1. The van der Waals surface area contributed by atoms with Crippen LogP contribution in [0.3, 0.4) is 0 Å². The van der Waals surface area contributed by atoms with Crippen LogP contribution in [0.15, 0.2) is 11.8 Å². The van der Waals surface area contributed by atoms with Crippen molar-refractivity contribution in [1.82, 2.24) is 4.90 Å². The molecule has 0 saturated carbocycles. The van der Waals surface area contributed by atoms with Crippen LogP contribution in [0, 0.1) is 11.3 Å². The molecule has 1 heterocycles. The second-order valence-corrected chi connectivity index (χ2v) is 6.05. The highest BCUT2D eigenvalue weighted by Gasteiger charge is 2.40. The molecule has 0 fully saturated rings. The van der Waals surface area contributed by atoms with Crippen LogP contribution in [0.25, 0.3) is 0 Å². The Labute approximate surface area is 98.1 Å². The number of hydrogen-bond donors (Lipinski definition) is 1. The van der Waals surface area contributed by atoms with E-state index in [1.165, 1.54) is 6.08 Å². The number of aliphatic hydroxyl groups excluding tert-OH is 1. The van der Waals surface area contributed by atoms with Crippen molar-refractivity contribution in [3.63, 3.8) is 0 Å². The first-order valence-corrected chi connectivity index (χ1v) is 5.94. The molecule has 0 unspecified atom stereocenters. The highest BCUT2D eigenvalue weighted by atomic mass is 16.3. The average molecular weight is 225 g/mol. The van der Waals surface area contributed by atoms with Crippen LogP contribution in [0.1, 0.15) is 41.0 Å². The lowest BCUT2D eigenvalue weighted by atomic mass is 9.85. The number of carbonyl (C=O) groups is 1. The van der Waals surface area contributed by atoms with Crippen molar-refractivity contribution in [1.29, 1.82) is 0 Å². The SMILES string of the molecule is CC(C)CCN1C(=O)C=C(O)[C@@H]1C(C)(C)C. The summed E-state index contributed by atoms with van der Waals surface area (Å²) < 4.78 is 0. The zero-order valence-electron chi connectivity index (χ0n) is 10.9. The van der Waals surface area contributed by atoms with Gasteiger partial charge >= 0.3 is 0 Å². The summed E-state index contributed by atoms with van der Waals surface area (Å²) in [5.41, 5.74) is -0.121. The van der Waals surface area contributed by atoms with E-state index in [4.69, 9.17) is 0 Å². The van der Waals surface area contributed by atoms with Crippen molar-refractivity contribution in [2.24, 2.45) is 11.3 Å². The van der Waals surface area contributed by atoms with Crippen molar-refractivity contribution in [3.05, 3.63) is 11.8 Å². The van der Waals surface area contributed by atoms with Crippen molar-refractivity contribution >= 4 is 5.91 Å². The maximum absolute atomic E-state index is 11.7. The van der Waals surface area contributed by atoms with Crippen molar-refractivity contribution in [3.8, 4) is 0 Å². The predicted molar refractivity (Wildman–Crippen MR) is 65.1 cm³/mol. The van der Waals surface area contributed by atoms with E-state index in [0.717, 1.165) is 13.0 Å². The van der Waals surface area contributed by atoms with E-state index in [-0.39, 0.29) is 23.1 Å². The minimum atomic E-state index is -0.168.